The summed E-state index contributed by atoms with van der Waals surface area (Å²) in [7, 11) is -2.28. The molecule has 2 amide bonds. The van der Waals surface area contributed by atoms with Gasteiger partial charge in [-0.1, -0.05) is 20.8 Å². The average molecular weight is 562 g/mol. The Kier molecular flexibility index (Phi) is 8.98. The monoisotopic (exact) mass is 561 g/mol. The highest BCUT2D eigenvalue weighted by molar-refractivity contribution is 6.74. The largest absolute Gasteiger partial charge is 0.465 e. The van der Waals surface area contributed by atoms with E-state index in [-0.39, 0.29) is 29.5 Å². The van der Waals surface area contributed by atoms with Gasteiger partial charge in [0.15, 0.2) is 8.32 Å². The summed E-state index contributed by atoms with van der Waals surface area (Å²) in [6.07, 6.45) is -4.17. The number of piperidine rings is 1. The topological polar surface area (TPSA) is 117 Å². The van der Waals surface area contributed by atoms with Crippen LogP contribution in [0.2, 0.25) is 18.1 Å². The van der Waals surface area contributed by atoms with Crippen molar-refractivity contribution < 1.29 is 37.0 Å². The standard InChI is InChI=1S/C24H38F3N5O5Si/c1-15(30-22(34)35)14-36-18-8-10-32(20(18)33)17-7-9-31(13-19(17)37-38(5,6)23(2,3)4)21-28-11-16(12-29-21)24(25,26)27/h11-12,15,17-19,30H,7-10,13-14H2,1-6H3,(H,34,35)/t15-,17+,18+,19-/m0/s1. The number of carbonyl (C=O) groups excluding carboxylic acids is 1. The number of hydrogen-bond donors (Lipinski definition) is 2. The van der Waals surface area contributed by atoms with Crippen LogP contribution < -0.4 is 10.2 Å². The molecule has 214 valence electrons. The maximum absolute atomic E-state index is 13.3. The van der Waals surface area contributed by atoms with E-state index in [1.807, 2.05) is 4.90 Å². The van der Waals surface area contributed by atoms with E-state index in [0.29, 0.717) is 32.5 Å². The maximum Gasteiger partial charge on any atom is 0.419 e. The highest BCUT2D eigenvalue weighted by atomic mass is 28.4. The first kappa shape index (κ1) is 30.1. The number of carbonyl (C=O) groups is 2. The lowest BCUT2D eigenvalue weighted by Gasteiger charge is -2.47. The molecular formula is C24H38F3N5O5Si. The van der Waals surface area contributed by atoms with E-state index in [1.54, 1.807) is 11.8 Å². The number of hydrogen-bond acceptors (Lipinski definition) is 7. The van der Waals surface area contributed by atoms with Gasteiger partial charge in [0.1, 0.15) is 6.10 Å². The van der Waals surface area contributed by atoms with E-state index in [0.717, 1.165) is 12.4 Å². The summed E-state index contributed by atoms with van der Waals surface area (Å²) in [5.74, 6) is 0.0229. The number of rotatable bonds is 8. The molecule has 0 radical (unpaired) electrons. The van der Waals surface area contributed by atoms with Crippen molar-refractivity contribution in [1.82, 2.24) is 20.2 Å². The average Bonchev–Trinajstić information content (AvgIpc) is 3.15. The zero-order valence-corrected chi connectivity index (χ0v) is 23.7. The molecule has 2 aliphatic rings. The molecule has 4 atom stereocenters. The van der Waals surface area contributed by atoms with Crippen molar-refractivity contribution in [2.75, 3.05) is 31.1 Å². The highest BCUT2D eigenvalue weighted by Gasteiger charge is 2.47. The molecule has 1 aromatic heterocycles. The van der Waals surface area contributed by atoms with Crippen LogP contribution in [-0.4, -0.2) is 90.8 Å². The predicted molar refractivity (Wildman–Crippen MR) is 136 cm³/mol. The van der Waals surface area contributed by atoms with Crippen molar-refractivity contribution in [3.8, 4) is 0 Å². The van der Waals surface area contributed by atoms with E-state index in [4.69, 9.17) is 14.3 Å². The third-order valence-electron chi connectivity index (χ3n) is 7.53. The zero-order valence-electron chi connectivity index (χ0n) is 22.7. The first-order chi connectivity index (χ1) is 17.5. The molecule has 0 bridgehead atoms. The third-order valence-corrected chi connectivity index (χ3v) is 12.0. The molecule has 2 aliphatic heterocycles. The van der Waals surface area contributed by atoms with Gasteiger partial charge in [-0.25, -0.2) is 14.8 Å². The Bertz CT molecular complexity index is 989. The van der Waals surface area contributed by atoms with Gasteiger partial charge >= 0.3 is 12.3 Å². The first-order valence-corrected chi connectivity index (χ1v) is 15.6. The second-order valence-electron chi connectivity index (χ2n) is 11.5. The number of likely N-dealkylation sites (tertiary alicyclic amines) is 1. The Balaban J connectivity index is 1.76. The van der Waals surface area contributed by atoms with Crippen LogP contribution in [0.15, 0.2) is 12.4 Å². The molecule has 10 nitrogen and oxygen atoms in total. The van der Waals surface area contributed by atoms with Crippen LogP contribution in [0.1, 0.15) is 46.1 Å². The van der Waals surface area contributed by atoms with Gasteiger partial charge in [-0.2, -0.15) is 13.2 Å². The fourth-order valence-electron chi connectivity index (χ4n) is 4.42. The summed E-state index contributed by atoms with van der Waals surface area (Å²) in [5, 5.41) is 11.1. The normalized spacial score (nSPS) is 24.0. The second-order valence-corrected chi connectivity index (χ2v) is 16.2. The molecule has 14 heteroatoms. The van der Waals surface area contributed by atoms with Gasteiger partial charge in [-0.3, -0.25) is 4.79 Å². The third kappa shape index (κ3) is 7.14. The molecule has 1 aromatic rings. The predicted octanol–water partition coefficient (Wildman–Crippen LogP) is 3.74. The van der Waals surface area contributed by atoms with Gasteiger partial charge in [0, 0.05) is 38.4 Å². The minimum Gasteiger partial charge on any atom is -0.465 e. The Morgan fingerprint density at radius 1 is 1.21 bits per heavy atom. The van der Waals surface area contributed by atoms with Gasteiger partial charge in [-0.15, -0.1) is 0 Å². The molecule has 0 spiro atoms. The number of amides is 2. The van der Waals surface area contributed by atoms with Crippen molar-refractivity contribution in [3.63, 3.8) is 0 Å². The summed E-state index contributed by atoms with van der Waals surface area (Å²) in [6, 6.07) is -0.707. The van der Waals surface area contributed by atoms with Gasteiger partial charge in [0.2, 0.25) is 5.95 Å². The van der Waals surface area contributed by atoms with E-state index in [1.165, 1.54) is 0 Å². The van der Waals surface area contributed by atoms with E-state index >= 15 is 0 Å². The number of anilines is 1. The number of carboxylic acid groups (broad SMARTS) is 1. The molecule has 2 N–H and O–H groups in total. The number of nitrogens with zero attached hydrogens (tertiary/aromatic N) is 4. The molecular weight excluding hydrogens is 523 g/mol. The fourth-order valence-corrected chi connectivity index (χ4v) is 5.76. The lowest BCUT2D eigenvalue weighted by Crippen LogP contribution is -2.60. The fraction of sp³-hybridized carbons (Fsp3) is 0.750. The number of nitrogens with one attached hydrogen (secondary N) is 1. The minimum atomic E-state index is -4.52. The Hall–Kier alpha value is -2.45. The first-order valence-electron chi connectivity index (χ1n) is 12.7. The Morgan fingerprint density at radius 2 is 1.84 bits per heavy atom. The molecule has 0 aromatic carbocycles. The van der Waals surface area contributed by atoms with Gasteiger partial charge in [0.25, 0.3) is 5.91 Å². The van der Waals surface area contributed by atoms with Crippen LogP contribution >= 0.6 is 0 Å². The van der Waals surface area contributed by atoms with Crippen LogP contribution in [0, 0.1) is 0 Å². The molecule has 0 saturated carbocycles. The zero-order chi connectivity index (χ0) is 28.5. The van der Waals surface area contributed by atoms with Crippen LogP contribution in [0.25, 0.3) is 0 Å². The Morgan fingerprint density at radius 3 is 2.39 bits per heavy atom. The van der Waals surface area contributed by atoms with E-state index in [2.05, 4.69) is 49.1 Å². The van der Waals surface area contributed by atoms with Crippen molar-refractivity contribution in [2.24, 2.45) is 0 Å². The van der Waals surface area contributed by atoms with Gasteiger partial charge in [-0.05, 0) is 31.5 Å². The number of alkyl halides is 3. The van der Waals surface area contributed by atoms with E-state index in [9.17, 15) is 22.8 Å². The quantitative estimate of drug-likeness (QED) is 0.461. The maximum atomic E-state index is 13.3. The van der Waals surface area contributed by atoms with Crippen LogP contribution in [0.4, 0.5) is 23.9 Å². The summed E-state index contributed by atoms with van der Waals surface area (Å²) >= 11 is 0. The van der Waals surface area contributed by atoms with Crippen LogP contribution in [-0.2, 0) is 20.1 Å². The van der Waals surface area contributed by atoms with Gasteiger partial charge in [0.05, 0.1) is 30.4 Å². The second kappa shape index (κ2) is 11.3. The molecule has 2 saturated heterocycles. The Labute approximate surface area is 222 Å². The van der Waals surface area contributed by atoms with Crippen molar-refractivity contribution in [2.45, 2.75) is 89.1 Å². The summed E-state index contributed by atoms with van der Waals surface area (Å²) in [6.45, 7) is 13.6. The minimum absolute atomic E-state index is 0.0736. The lowest BCUT2D eigenvalue weighted by atomic mass is 10.0. The smallest absolute Gasteiger partial charge is 0.419 e. The summed E-state index contributed by atoms with van der Waals surface area (Å²) in [5.41, 5.74) is -0.910. The number of aromatic nitrogens is 2. The molecule has 3 heterocycles. The van der Waals surface area contributed by atoms with Crippen molar-refractivity contribution in [1.29, 1.82) is 0 Å². The highest BCUT2D eigenvalue weighted by Crippen LogP contribution is 2.39. The SMILES string of the molecule is C[C@@H](CO[C@@H]1CCN([C@@H]2CCN(c3ncc(C(F)(F)F)cn3)C[C@@H]2O[Si](C)(C)C(C)(C)C)C1=O)NC(=O)O. The molecule has 38 heavy (non-hydrogen) atoms. The van der Waals surface area contributed by atoms with Crippen LogP contribution in [0.5, 0.6) is 0 Å². The summed E-state index contributed by atoms with van der Waals surface area (Å²) < 4.78 is 51.5. The van der Waals surface area contributed by atoms with Crippen molar-refractivity contribution >= 4 is 26.3 Å². The van der Waals surface area contributed by atoms with Gasteiger partial charge < -0.3 is 29.4 Å². The lowest BCUT2D eigenvalue weighted by molar-refractivity contribution is -0.141. The molecule has 2 fully saturated rings. The van der Waals surface area contributed by atoms with Crippen molar-refractivity contribution in [3.05, 3.63) is 18.0 Å². The molecule has 0 aliphatic carbocycles. The number of ether oxygens (including phenoxy) is 1. The molecule has 0 unspecified atom stereocenters. The summed E-state index contributed by atoms with van der Waals surface area (Å²) in [4.78, 5) is 35.6. The number of halogens is 3. The molecule has 3 rings (SSSR count). The van der Waals surface area contributed by atoms with E-state index < -0.39 is 44.4 Å². The van der Waals surface area contributed by atoms with Crippen LogP contribution in [0.3, 0.4) is 0 Å².